The molecule has 2 N–H and O–H groups in total. The molecule has 0 aliphatic heterocycles. The molecule has 400 valence electrons. The number of likely N-dealkylation sites (N-methyl/N-ethyl adjacent to an activating group) is 1. The van der Waals surface area contributed by atoms with E-state index >= 15 is 0 Å². The molecule has 0 radical (unpaired) electrons. The van der Waals surface area contributed by atoms with E-state index in [4.69, 9.17) is 13.8 Å². The van der Waals surface area contributed by atoms with Crippen LogP contribution in [0.25, 0.3) is 0 Å². The SMILES string of the molecule is CC/C=C\C/C=C\C/C=C\C/C=C\C/C=C\CCCC(=O)NC(COP(=O)(O)OCC[N+](C)(C)C)C(/C=C/CCCCCCCCCCCC)OC(=O)CCCCCCCCCCCCCCCC. The minimum absolute atomic E-state index is 0.0282. The van der Waals surface area contributed by atoms with Crippen LogP contribution in [-0.2, 0) is 27.9 Å². The van der Waals surface area contributed by atoms with Gasteiger partial charge in [-0.05, 0) is 70.3 Å². The standard InChI is InChI=1S/C59H107N2O7P/c1-7-10-13-16-19-22-25-28-30-31-32-33-36-39-42-45-48-51-58(62)60-56(55-67-69(64,65)66-54-53-61(4,5)6)57(50-47-44-41-38-35-27-24-21-18-15-12-9-3)68-59(63)52-49-46-43-40-37-34-29-26-23-20-17-14-11-8-2/h10,13,19,22,28,30,32-33,39,42,47,50,56-57H,7-9,11-12,14-18,20-21,23-27,29,31,34-38,40-41,43-46,48-49,51-55H2,1-6H3,(H-,60,62,64,65)/p+1/b13-10-,22-19-,30-28-,33-32-,42-39-,50-47+. The number of quaternary nitrogens is 1. The number of phosphoric acid groups is 1. The third kappa shape index (κ3) is 50.2. The van der Waals surface area contributed by atoms with Crippen molar-refractivity contribution in [1.82, 2.24) is 5.32 Å². The first-order chi connectivity index (χ1) is 33.4. The van der Waals surface area contributed by atoms with Crippen molar-refractivity contribution in [3.8, 4) is 0 Å². The topological polar surface area (TPSA) is 111 Å². The zero-order valence-corrected chi connectivity index (χ0v) is 46.4. The molecule has 0 aromatic rings. The van der Waals surface area contributed by atoms with E-state index in [0.717, 1.165) is 77.0 Å². The summed E-state index contributed by atoms with van der Waals surface area (Å²) in [6.07, 6.45) is 61.9. The van der Waals surface area contributed by atoms with Crippen molar-refractivity contribution >= 4 is 19.7 Å². The number of hydrogen-bond donors (Lipinski definition) is 2. The van der Waals surface area contributed by atoms with Crippen molar-refractivity contribution in [3.05, 3.63) is 72.9 Å². The van der Waals surface area contributed by atoms with Crippen molar-refractivity contribution in [2.24, 2.45) is 0 Å². The first kappa shape index (κ1) is 66.5. The fourth-order valence-corrected chi connectivity index (χ4v) is 8.53. The van der Waals surface area contributed by atoms with Crippen LogP contribution in [0.4, 0.5) is 0 Å². The van der Waals surface area contributed by atoms with Crippen LogP contribution in [0, 0.1) is 0 Å². The van der Waals surface area contributed by atoms with Crippen LogP contribution in [0.2, 0.25) is 0 Å². The molecule has 0 saturated heterocycles. The number of rotatable bonds is 50. The Morgan fingerprint density at radius 3 is 1.41 bits per heavy atom. The van der Waals surface area contributed by atoms with Crippen molar-refractivity contribution in [3.63, 3.8) is 0 Å². The van der Waals surface area contributed by atoms with Crippen LogP contribution in [0.5, 0.6) is 0 Å². The second kappa shape index (κ2) is 49.0. The Morgan fingerprint density at radius 2 is 0.942 bits per heavy atom. The predicted molar refractivity (Wildman–Crippen MR) is 295 cm³/mol. The second-order valence-corrected chi connectivity index (χ2v) is 21.5. The van der Waals surface area contributed by atoms with Gasteiger partial charge in [-0.1, -0.05) is 229 Å². The third-order valence-corrected chi connectivity index (χ3v) is 13.1. The Balaban J connectivity index is 5.46. The summed E-state index contributed by atoms with van der Waals surface area (Å²) in [6.45, 7) is 6.85. The Bertz CT molecular complexity index is 1420. The number of phosphoric ester groups is 1. The van der Waals surface area contributed by atoms with Crippen LogP contribution in [0.1, 0.15) is 239 Å². The molecule has 69 heavy (non-hydrogen) atoms. The Labute approximate surface area is 425 Å². The number of hydrogen-bond acceptors (Lipinski definition) is 6. The fraction of sp³-hybridized carbons (Fsp3) is 0.763. The zero-order valence-electron chi connectivity index (χ0n) is 45.5. The number of nitrogens with one attached hydrogen (secondary N) is 1. The normalized spacial score (nSPS) is 14.4. The van der Waals surface area contributed by atoms with E-state index in [0.29, 0.717) is 17.4 Å². The Hall–Kier alpha value is -2.55. The van der Waals surface area contributed by atoms with Gasteiger partial charge in [0.05, 0.1) is 33.8 Å². The monoisotopic (exact) mass is 988 g/mol. The predicted octanol–water partition coefficient (Wildman–Crippen LogP) is 16.9. The van der Waals surface area contributed by atoms with E-state index < -0.39 is 20.0 Å². The van der Waals surface area contributed by atoms with E-state index in [1.807, 2.05) is 33.3 Å². The van der Waals surface area contributed by atoms with E-state index in [2.05, 4.69) is 86.8 Å². The van der Waals surface area contributed by atoms with Crippen molar-refractivity contribution in [2.45, 2.75) is 251 Å². The van der Waals surface area contributed by atoms with E-state index in [1.54, 1.807) is 0 Å². The second-order valence-electron chi connectivity index (χ2n) is 20.1. The van der Waals surface area contributed by atoms with Gasteiger partial charge in [-0.3, -0.25) is 18.6 Å². The molecule has 0 rings (SSSR count). The third-order valence-electron chi connectivity index (χ3n) is 12.2. The zero-order chi connectivity index (χ0) is 50.8. The molecule has 0 spiro atoms. The summed E-state index contributed by atoms with van der Waals surface area (Å²) in [5, 5.41) is 3.01. The number of esters is 1. The van der Waals surface area contributed by atoms with Crippen molar-refractivity contribution in [2.75, 3.05) is 40.9 Å². The number of unbranched alkanes of at least 4 members (excludes halogenated alkanes) is 24. The van der Waals surface area contributed by atoms with E-state index in [9.17, 15) is 19.0 Å². The summed E-state index contributed by atoms with van der Waals surface area (Å²) >= 11 is 0. The maximum atomic E-state index is 13.5. The molecule has 3 unspecified atom stereocenters. The molecule has 0 aromatic heterocycles. The summed E-state index contributed by atoms with van der Waals surface area (Å²) in [4.78, 5) is 37.5. The van der Waals surface area contributed by atoms with Gasteiger partial charge in [0.15, 0.2) is 0 Å². The van der Waals surface area contributed by atoms with Gasteiger partial charge in [-0.15, -0.1) is 0 Å². The lowest BCUT2D eigenvalue weighted by molar-refractivity contribution is -0.870. The number of amides is 1. The molecule has 0 aliphatic carbocycles. The first-order valence-electron chi connectivity index (χ1n) is 28.3. The first-order valence-corrected chi connectivity index (χ1v) is 29.8. The molecule has 0 aromatic carbocycles. The van der Waals surface area contributed by atoms with Crippen LogP contribution >= 0.6 is 7.82 Å². The highest BCUT2D eigenvalue weighted by Crippen LogP contribution is 2.43. The maximum absolute atomic E-state index is 13.5. The lowest BCUT2D eigenvalue weighted by Crippen LogP contribution is -2.47. The fourth-order valence-electron chi connectivity index (χ4n) is 7.80. The molecule has 9 nitrogen and oxygen atoms in total. The Morgan fingerprint density at radius 1 is 0.522 bits per heavy atom. The summed E-state index contributed by atoms with van der Waals surface area (Å²) in [5.74, 6) is -0.572. The lowest BCUT2D eigenvalue weighted by Gasteiger charge is -2.27. The molecule has 3 atom stereocenters. The number of ether oxygens (including phenoxy) is 1. The molecule has 1 amide bonds. The van der Waals surface area contributed by atoms with Crippen LogP contribution in [0.3, 0.4) is 0 Å². The lowest BCUT2D eigenvalue weighted by atomic mass is 10.0. The smallest absolute Gasteiger partial charge is 0.456 e. The van der Waals surface area contributed by atoms with Gasteiger partial charge < -0.3 is 19.4 Å². The highest BCUT2D eigenvalue weighted by atomic mass is 31.2. The van der Waals surface area contributed by atoms with Gasteiger partial charge in [0.25, 0.3) is 0 Å². The molecule has 0 bridgehead atoms. The molecule has 0 fully saturated rings. The molecular weight excluding hydrogens is 880 g/mol. The van der Waals surface area contributed by atoms with Crippen LogP contribution in [-0.4, -0.2) is 74.3 Å². The molecule has 10 heteroatoms. The summed E-state index contributed by atoms with van der Waals surface area (Å²) in [6, 6.07) is -0.877. The number of carbonyl (C=O) groups excluding carboxylic acids is 2. The van der Waals surface area contributed by atoms with Crippen molar-refractivity contribution in [1.29, 1.82) is 0 Å². The molecule has 0 saturated carbocycles. The van der Waals surface area contributed by atoms with E-state index in [1.165, 1.54) is 122 Å². The number of carbonyl (C=O) groups is 2. The molecule has 0 heterocycles. The summed E-state index contributed by atoms with van der Waals surface area (Å²) in [5.41, 5.74) is 0. The van der Waals surface area contributed by atoms with Gasteiger partial charge >= 0.3 is 13.8 Å². The summed E-state index contributed by atoms with van der Waals surface area (Å²) < 4.78 is 30.5. The summed E-state index contributed by atoms with van der Waals surface area (Å²) in [7, 11) is 1.46. The van der Waals surface area contributed by atoms with Gasteiger partial charge in [0.1, 0.15) is 19.3 Å². The van der Waals surface area contributed by atoms with Crippen molar-refractivity contribution < 1.29 is 37.3 Å². The van der Waals surface area contributed by atoms with Gasteiger partial charge in [-0.25, -0.2) is 4.57 Å². The largest absolute Gasteiger partial charge is 0.472 e. The quantitative estimate of drug-likeness (QED) is 0.0205. The average Bonchev–Trinajstić information content (AvgIpc) is 3.31. The Kier molecular flexibility index (Phi) is 47.2. The van der Waals surface area contributed by atoms with Gasteiger partial charge in [0, 0.05) is 12.8 Å². The minimum Gasteiger partial charge on any atom is -0.456 e. The van der Waals surface area contributed by atoms with Gasteiger partial charge in [-0.2, -0.15) is 0 Å². The molecular formula is C59H108N2O7P+. The minimum atomic E-state index is -4.46. The highest BCUT2D eigenvalue weighted by molar-refractivity contribution is 7.47. The maximum Gasteiger partial charge on any atom is 0.472 e. The highest BCUT2D eigenvalue weighted by Gasteiger charge is 2.30. The van der Waals surface area contributed by atoms with E-state index in [-0.39, 0.29) is 37.9 Å². The average molecular weight is 988 g/mol. The molecule has 0 aliphatic rings. The number of allylic oxidation sites excluding steroid dienone is 11. The van der Waals surface area contributed by atoms with Gasteiger partial charge in [0.2, 0.25) is 5.91 Å². The van der Waals surface area contributed by atoms with Crippen LogP contribution < -0.4 is 5.32 Å². The number of nitrogens with zero attached hydrogens (tertiary/aromatic N) is 1. The van der Waals surface area contributed by atoms with Crippen LogP contribution in [0.15, 0.2) is 72.9 Å².